The van der Waals surface area contributed by atoms with Gasteiger partial charge in [-0.3, -0.25) is 0 Å². The highest BCUT2D eigenvalue weighted by Crippen LogP contribution is 2.37. The smallest absolute Gasteiger partial charge is 0.00263 e. The molecule has 13 heavy (non-hydrogen) atoms. The molecule has 3 unspecified atom stereocenters. The molecule has 2 heteroatoms. The van der Waals surface area contributed by atoms with Gasteiger partial charge < -0.3 is 5.32 Å². The molecule has 78 valence electrons. The predicted molar refractivity (Wildman–Crippen MR) is 67.4 cm³/mol. The summed E-state index contributed by atoms with van der Waals surface area (Å²) in [6.45, 7) is 8.12. The van der Waals surface area contributed by atoms with Crippen LogP contribution in [0.15, 0.2) is 0 Å². The Balaban J connectivity index is 2.28. The van der Waals surface area contributed by atoms with E-state index in [-0.39, 0.29) is 0 Å². The van der Waals surface area contributed by atoms with E-state index in [2.05, 4.69) is 48.7 Å². The molecule has 3 atom stereocenters. The van der Waals surface area contributed by atoms with Crippen molar-refractivity contribution in [3.05, 3.63) is 0 Å². The van der Waals surface area contributed by atoms with Gasteiger partial charge in [0.15, 0.2) is 0 Å². The topological polar surface area (TPSA) is 12.0 Å². The summed E-state index contributed by atoms with van der Waals surface area (Å²) in [4.78, 5) is 0. The summed E-state index contributed by atoms with van der Waals surface area (Å²) in [6, 6.07) is 0.644. The summed E-state index contributed by atoms with van der Waals surface area (Å²) in [5, 5.41) is 3.56. The lowest BCUT2D eigenvalue weighted by Crippen LogP contribution is -2.30. The zero-order chi connectivity index (χ0) is 9.84. The second kappa shape index (κ2) is 5.54. The molecule has 0 aromatic rings. The monoisotopic (exact) mass is 295 g/mol. The minimum Gasteiger partial charge on any atom is -0.314 e. The van der Waals surface area contributed by atoms with Gasteiger partial charge in [0.05, 0.1) is 0 Å². The maximum absolute atomic E-state index is 3.56. The number of hydrogen-bond donors (Lipinski definition) is 1. The van der Waals surface area contributed by atoms with Crippen LogP contribution in [0.25, 0.3) is 0 Å². The minimum absolute atomic E-state index is 0.644. The van der Waals surface area contributed by atoms with Crippen LogP contribution in [0, 0.1) is 17.8 Å². The van der Waals surface area contributed by atoms with Crippen LogP contribution < -0.4 is 5.32 Å². The molecule has 1 rings (SSSR count). The van der Waals surface area contributed by atoms with Crippen LogP contribution in [-0.4, -0.2) is 17.0 Å². The molecule has 0 aromatic heterocycles. The van der Waals surface area contributed by atoms with E-state index in [1.807, 2.05) is 0 Å². The summed E-state index contributed by atoms with van der Waals surface area (Å²) in [6.07, 6.45) is 2.89. The van der Waals surface area contributed by atoms with Gasteiger partial charge in [-0.1, -0.05) is 43.4 Å². The van der Waals surface area contributed by atoms with Gasteiger partial charge in [-0.15, -0.1) is 0 Å². The van der Waals surface area contributed by atoms with E-state index in [1.54, 1.807) is 0 Å². The first-order chi connectivity index (χ1) is 6.15. The van der Waals surface area contributed by atoms with Crippen molar-refractivity contribution in [2.75, 3.05) is 11.0 Å². The van der Waals surface area contributed by atoms with Gasteiger partial charge in [-0.05, 0) is 37.1 Å². The average molecular weight is 295 g/mol. The van der Waals surface area contributed by atoms with E-state index < -0.39 is 0 Å². The van der Waals surface area contributed by atoms with Crippen LogP contribution in [0.1, 0.15) is 33.6 Å². The van der Waals surface area contributed by atoms with Gasteiger partial charge >= 0.3 is 0 Å². The van der Waals surface area contributed by atoms with Crippen molar-refractivity contribution in [2.24, 2.45) is 17.8 Å². The molecule has 0 aromatic carbocycles. The Morgan fingerprint density at radius 3 is 2.38 bits per heavy atom. The summed E-state index contributed by atoms with van der Waals surface area (Å²) in [5.41, 5.74) is 0. The van der Waals surface area contributed by atoms with Crippen LogP contribution in [-0.2, 0) is 0 Å². The lowest BCUT2D eigenvalue weighted by molar-refractivity contribution is 0.339. The first-order valence-corrected chi connectivity index (χ1v) is 6.97. The SMILES string of the molecule is CC(C)NCC1CCC(CI)C1C. The molecular formula is C11H22IN. The number of rotatable bonds is 4. The van der Waals surface area contributed by atoms with Crippen molar-refractivity contribution in [2.45, 2.75) is 39.7 Å². The van der Waals surface area contributed by atoms with Crippen molar-refractivity contribution in [3.8, 4) is 0 Å². The van der Waals surface area contributed by atoms with E-state index in [1.165, 1.54) is 23.8 Å². The largest absolute Gasteiger partial charge is 0.314 e. The lowest BCUT2D eigenvalue weighted by atomic mass is 9.92. The fraction of sp³-hybridized carbons (Fsp3) is 1.00. The maximum Gasteiger partial charge on any atom is 0.00263 e. The van der Waals surface area contributed by atoms with E-state index in [9.17, 15) is 0 Å². The van der Waals surface area contributed by atoms with E-state index in [4.69, 9.17) is 0 Å². The van der Waals surface area contributed by atoms with Crippen LogP contribution in [0.2, 0.25) is 0 Å². The van der Waals surface area contributed by atoms with E-state index in [0.717, 1.165) is 17.8 Å². The Bertz CT molecular complexity index is 147. The number of alkyl halides is 1. The number of nitrogens with one attached hydrogen (secondary N) is 1. The summed E-state index contributed by atoms with van der Waals surface area (Å²) in [5.74, 6) is 2.85. The third kappa shape index (κ3) is 3.39. The molecule has 0 spiro atoms. The molecule has 1 aliphatic rings. The molecule has 1 nitrogen and oxygen atoms in total. The van der Waals surface area contributed by atoms with Crippen molar-refractivity contribution >= 4 is 22.6 Å². The van der Waals surface area contributed by atoms with Gasteiger partial charge in [0.2, 0.25) is 0 Å². The maximum atomic E-state index is 3.56. The summed E-state index contributed by atoms with van der Waals surface area (Å²) in [7, 11) is 0. The molecule has 0 amide bonds. The molecule has 0 aliphatic heterocycles. The Labute approximate surface area is 96.2 Å². The highest BCUT2D eigenvalue weighted by Gasteiger charge is 2.31. The molecule has 1 N–H and O–H groups in total. The standard InChI is InChI=1S/C11H22IN/c1-8(2)13-7-11-5-4-10(6-12)9(11)3/h8-11,13H,4-7H2,1-3H3. The number of halogens is 1. The van der Waals surface area contributed by atoms with Gasteiger partial charge in [0.1, 0.15) is 0 Å². The van der Waals surface area contributed by atoms with Crippen molar-refractivity contribution in [1.82, 2.24) is 5.32 Å². The average Bonchev–Trinajstić information content (AvgIpc) is 2.43. The zero-order valence-corrected chi connectivity index (χ0v) is 11.2. The quantitative estimate of drug-likeness (QED) is 0.621. The molecule has 0 heterocycles. The first-order valence-electron chi connectivity index (χ1n) is 5.44. The second-order valence-electron chi connectivity index (χ2n) is 4.67. The summed E-state index contributed by atoms with van der Waals surface area (Å²) >= 11 is 2.54. The first kappa shape index (κ1) is 11.8. The Kier molecular flexibility index (Phi) is 5.01. The highest BCUT2D eigenvalue weighted by atomic mass is 127. The Morgan fingerprint density at radius 2 is 1.92 bits per heavy atom. The van der Waals surface area contributed by atoms with Crippen LogP contribution >= 0.6 is 22.6 Å². The molecular weight excluding hydrogens is 273 g/mol. The van der Waals surface area contributed by atoms with Crippen LogP contribution in [0.4, 0.5) is 0 Å². The van der Waals surface area contributed by atoms with E-state index >= 15 is 0 Å². The molecule has 1 saturated carbocycles. The molecule has 1 aliphatic carbocycles. The Morgan fingerprint density at radius 1 is 1.31 bits per heavy atom. The third-order valence-corrected chi connectivity index (χ3v) is 4.51. The lowest BCUT2D eigenvalue weighted by Gasteiger charge is -2.20. The zero-order valence-electron chi connectivity index (χ0n) is 9.02. The van der Waals surface area contributed by atoms with Crippen molar-refractivity contribution in [1.29, 1.82) is 0 Å². The minimum atomic E-state index is 0.644. The fourth-order valence-electron chi connectivity index (χ4n) is 2.23. The van der Waals surface area contributed by atoms with E-state index in [0.29, 0.717) is 6.04 Å². The molecule has 0 bridgehead atoms. The molecule has 0 saturated heterocycles. The Hall–Kier alpha value is 0.690. The van der Waals surface area contributed by atoms with Gasteiger partial charge in [-0.2, -0.15) is 0 Å². The molecule has 0 radical (unpaired) electrons. The van der Waals surface area contributed by atoms with Crippen LogP contribution in [0.5, 0.6) is 0 Å². The normalized spacial score (nSPS) is 34.4. The third-order valence-electron chi connectivity index (χ3n) is 3.38. The summed E-state index contributed by atoms with van der Waals surface area (Å²) < 4.78 is 1.34. The van der Waals surface area contributed by atoms with Gasteiger partial charge in [0, 0.05) is 10.5 Å². The number of hydrogen-bond acceptors (Lipinski definition) is 1. The van der Waals surface area contributed by atoms with Gasteiger partial charge in [-0.25, -0.2) is 0 Å². The van der Waals surface area contributed by atoms with Crippen molar-refractivity contribution in [3.63, 3.8) is 0 Å². The molecule has 1 fully saturated rings. The van der Waals surface area contributed by atoms with Gasteiger partial charge in [0.25, 0.3) is 0 Å². The van der Waals surface area contributed by atoms with Crippen LogP contribution in [0.3, 0.4) is 0 Å². The second-order valence-corrected chi connectivity index (χ2v) is 5.55. The highest BCUT2D eigenvalue weighted by molar-refractivity contribution is 14.1. The van der Waals surface area contributed by atoms with Crippen molar-refractivity contribution < 1.29 is 0 Å². The predicted octanol–water partition coefficient (Wildman–Crippen LogP) is 3.08. The fourth-order valence-corrected chi connectivity index (χ4v) is 3.47.